The molecule has 0 aromatic heterocycles. The molecule has 3 amide bonds. The van der Waals surface area contributed by atoms with Crippen LogP contribution in [0.1, 0.15) is 47.3 Å². The van der Waals surface area contributed by atoms with Gasteiger partial charge in [-0.05, 0) is 49.6 Å². The summed E-state index contributed by atoms with van der Waals surface area (Å²) >= 11 is 6.03. The Balaban J connectivity index is 1.55. The van der Waals surface area contributed by atoms with Crippen LogP contribution in [-0.2, 0) is 9.59 Å². The molecule has 0 radical (unpaired) electrons. The predicted molar refractivity (Wildman–Crippen MR) is 128 cm³/mol. The van der Waals surface area contributed by atoms with Crippen molar-refractivity contribution in [3.63, 3.8) is 0 Å². The summed E-state index contributed by atoms with van der Waals surface area (Å²) in [5.74, 6) is -0.210. The minimum atomic E-state index is -0.244. The van der Waals surface area contributed by atoms with E-state index in [-0.39, 0.29) is 29.7 Å². The number of nitrogens with zero attached hydrogens (tertiary/aromatic N) is 3. The van der Waals surface area contributed by atoms with Crippen molar-refractivity contribution in [2.45, 2.75) is 32.7 Å². The maximum Gasteiger partial charge on any atom is 0.254 e. The van der Waals surface area contributed by atoms with Gasteiger partial charge in [0.1, 0.15) is 0 Å². The summed E-state index contributed by atoms with van der Waals surface area (Å²) in [5, 5.41) is 0.582. The van der Waals surface area contributed by atoms with E-state index < -0.39 is 0 Å². The minimum absolute atomic E-state index is 0.0421. The van der Waals surface area contributed by atoms with Crippen molar-refractivity contribution in [3.05, 3.63) is 70.2 Å². The van der Waals surface area contributed by atoms with E-state index in [1.807, 2.05) is 28.9 Å². The standard InChI is InChI=1S/C26H30ClN3O3/c1-18-4-3-5-21(16-18)24-11-8-22(25(32)29-14-12-28(13-15-29)19(2)31)17-30(24)26(33)20-6-9-23(27)10-7-20/h3-7,9-10,16,22,24H,8,11-15,17H2,1-2H3/t22-,24+/m0/s1. The first-order chi connectivity index (χ1) is 15.8. The number of likely N-dealkylation sites (tertiary alicyclic amines) is 1. The van der Waals surface area contributed by atoms with Crippen molar-refractivity contribution < 1.29 is 14.4 Å². The van der Waals surface area contributed by atoms with Crippen LogP contribution in [0.5, 0.6) is 0 Å². The van der Waals surface area contributed by atoms with E-state index in [4.69, 9.17) is 11.6 Å². The third kappa shape index (κ3) is 5.22. The summed E-state index contributed by atoms with van der Waals surface area (Å²) in [6, 6.07) is 15.1. The second-order valence-corrected chi connectivity index (χ2v) is 9.44. The first kappa shape index (κ1) is 23.3. The molecule has 0 aliphatic carbocycles. The lowest BCUT2D eigenvalue weighted by molar-refractivity contribution is -0.142. The van der Waals surface area contributed by atoms with Gasteiger partial charge in [0.25, 0.3) is 5.91 Å². The van der Waals surface area contributed by atoms with Gasteiger partial charge in [0.2, 0.25) is 11.8 Å². The summed E-state index contributed by atoms with van der Waals surface area (Å²) in [6.45, 7) is 6.20. The molecular formula is C26H30ClN3O3. The van der Waals surface area contributed by atoms with Crippen molar-refractivity contribution >= 4 is 29.3 Å². The summed E-state index contributed by atoms with van der Waals surface area (Å²) in [6.07, 6.45) is 1.46. The molecule has 2 aliphatic rings. The van der Waals surface area contributed by atoms with E-state index in [0.717, 1.165) is 24.0 Å². The molecule has 2 aromatic carbocycles. The highest BCUT2D eigenvalue weighted by Crippen LogP contribution is 2.36. The monoisotopic (exact) mass is 467 g/mol. The molecule has 2 saturated heterocycles. The van der Waals surface area contributed by atoms with Crippen molar-refractivity contribution in [2.24, 2.45) is 5.92 Å². The van der Waals surface area contributed by atoms with Crippen LogP contribution in [0.4, 0.5) is 0 Å². The van der Waals surface area contributed by atoms with E-state index in [0.29, 0.717) is 43.3 Å². The number of carbonyl (C=O) groups is 3. The number of aryl methyl sites for hydroxylation is 1. The average molecular weight is 468 g/mol. The Labute approximate surface area is 200 Å². The zero-order valence-electron chi connectivity index (χ0n) is 19.2. The van der Waals surface area contributed by atoms with Crippen molar-refractivity contribution in [1.82, 2.24) is 14.7 Å². The Bertz CT molecular complexity index is 1030. The van der Waals surface area contributed by atoms with E-state index in [9.17, 15) is 14.4 Å². The Morgan fingerprint density at radius 2 is 1.58 bits per heavy atom. The minimum Gasteiger partial charge on any atom is -0.339 e. The Kier molecular flexibility index (Phi) is 7.03. The van der Waals surface area contributed by atoms with Crippen LogP contribution in [-0.4, -0.2) is 65.1 Å². The summed E-state index contributed by atoms with van der Waals surface area (Å²) < 4.78 is 0. The van der Waals surface area contributed by atoms with Gasteiger partial charge in [0.15, 0.2) is 0 Å². The van der Waals surface area contributed by atoms with Gasteiger partial charge in [-0.3, -0.25) is 14.4 Å². The molecule has 0 spiro atoms. The molecule has 4 rings (SSSR count). The zero-order valence-corrected chi connectivity index (χ0v) is 19.9. The van der Waals surface area contributed by atoms with Crippen LogP contribution < -0.4 is 0 Å². The lowest BCUT2D eigenvalue weighted by atomic mass is 9.87. The third-order valence-corrected chi connectivity index (χ3v) is 7.00. The molecular weight excluding hydrogens is 438 g/mol. The smallest absolute Gasteiger partial charge is 0.254 e. The lowest BCUT2D eigenvalue weighted by Crippen LogP contribution is -2.54. The number of benzene rings is 2. The number of amides is 3. The second kappa shape index (κ2) is 9.96. The molecule has 2 aliphatic heterocycles. The van der Waals surface area contributed by atoms with Gasteiger partial charge in [0, 0.05) is 50.2 Å². The number of piperidine rings is 1. The van der Waals surface area contributed by atoms with E-state index >= 15 is 0 Å². The van der Waals surface area contributed by atoms with Crippen LogP contribution in [0.3, 0.4) is 0 Å². The maximum atomic E-state index is 13.6. The molecule has 7 heteroatoms. The van der Waals surface area contributed by atoms with Gasteiger partial charge < -0.3 is 14.7 Å². The summed E-state index contributed by atoms with van der Waals surface area (Å²) in [4.78, 5) is 44.0. The number of rotatable bonds is 3. The van der Waals surface area contributed by atoms with Crippen molar-refractivity contribution in [3.8, 4) is 0 Å². The number of hydrogen-bond acceptors (Lipinski definition) is 3. The highest BCUT2D eigenvalue weighted by molar-refractivity contribution is 6.30. The van der Waals surface area contributed by atoms with E-state index in [1.54, 1.807) is 36.1 Å². The van der Waals surface area contributed by atoms with Gasteiger partial charge >= 0.3 is 0 Å². The fraction of sp³-hybridized carbons (Fsp3) is 0.423. The highest BCUT2D eigenvalue weighted by atomic mass is 35.5. The number of hydrogen-bond donors (Lipinski definition) is 0. The van der Waals surface area contributed by atoms with Crippen LogP contribution in [0.15, 0.2) is 48.5 Å². The van der Waals surface area contributed by atoms with Crippen molar-refractivity contribution in [1.29, 1.82) is 0 Å². The molecule has 0 N–H and O–H groups in total. The average Bonchev–Trinajstić information content (AvgIpc) is 2.83. The molecule has 0 saturated carbocycles. The molecule has 2 heterocycles. The Hall–Kier alpha value is -2.86. The Morgan fingerprint density at radius 3 is 2.21 bits per heavy atom. The zero-order chi connectivity index (χ0) is 23.5. The summed E-state index contributed by atoms with van der Waals surface area (Å²) in [7, 11) is 0. The summed E-state index contributed by atoms with van der Waals surface area (Å²) in [5.41, 5.74) is 2.81. The second-order valence-electron chi connectivity index (χ2n) is 9.00. The third-order valence-electron chi connectivity index (χ3n) is 6.75. The SMILES string of the molecule is CC(=O)N1CCN(C(=O)[C@H]2CC[C@H](c3cccc(C)c3)N(C(=O)c3ccc(Cl)cc3)C2)CC1. The predicted octanol–water partition coefficient (Wildman–Crippen LogP) is 3.93. The molecule has 2 aromatic rings. The number of halogens is 1. The first-order valence-corrected chi connectivity index (χ1v) is 11.9. The number of piperazine rings is 1. The normalized spacial score (nSPS) is 21.1. The first-order valence-electron chi connectivity index (χ1n) is 11.5. The molecule has 33 heavy (non-hydrogen) atoms. The fourth-order valence-corrected chi connectivity index (χ4v) is 5.01. The van der Waals surface area contributed by atoms with Gasteiger partial charge in [-0.15, -0.1) is 0 Å². The van der Waals surface area contributed by atoms with Crippen LogP contribution in [0.2, 0.25) is 5.02 Å². The molecule has 0 unspecified atom stereocenters. The van der Waals surface area contributed by atoms with Gasteiger partial charge in [0.05, 0.1) is 12.0 Å². The van der Waals surface area contributed by atoms with Gasteiger partial charge in [-0.25, -0.2) is 0 Å². The van der Waals surface area contributed by atoms with Crippen LogP contribution in [0.25, 0.3) is 0 Å². The lowest BCUT2D eigenvalue weighted by Gasteiger charge is -2.42. The topological polar surface area (TPSA) is 60.9 Å². The van der Waals surface area contributed by atoms with Gasteiger partial charge in [-0.1, -0.05) is 41.4 Å². The van der Waals surface area contributed by atoms with Crippen LogP contribution >= 0.6 is 11.6 Å². The van der Waals surface area contributed by atoms with E-state index in [1.165, 1.54) is 0 Å². The molecule has 6 nitrogen and oxygen atoms in total. The Morgan fingerprint density at radius 1 is 0.909 bits per heavy atom. The van der Waals surface area contributed by atoms with Gasteiger partial charge in [-0.2, -0.15) is 0 Å². The largest absolute Gasteiger partial charge is 0.339 e. The van der Waals surface area contributed by atoms with Crippen molar-refractivity contribution in [2.75, 3.05) is 32.7 Å². The maximum absolute atomic E-state index is 13.6. The highest BCUT2D eigenvalue weighted by Gasteiger charge is 2.38. The molecule has 174 valence electrons. The van der Waals surface area contributed by atoms with E-state index in [2.05, 4.69) is 12.1 Å². The fourth-order valence-electron chi connectivity index (χ4n) is 4.88. The van der Waals surface area contributed by atoms with Crippen LogP contribution in [0, 0.1) is 12.8 Å². The molecule has 2 fully saturated rings. The number of carbonyl (C=O) groups excluding carboxylic acids is 3. The molecule has 2 atom stereocenters. The quantitative estimate of drug-likeness (QED) is 0.687. The molecule has 0 bridgehead atoms.